The third-order valence-electron chi connectivity index (χ3n) is 2.64. The minimum atomic E-state index is -4.48. The summed E-state index contributed by atoms with van der Waals surface area (Å²) in [5, 5.41) is 8.72. The molecule has 1 aromatic rings. The molecule has 8 heteroatoms. The van der Waals surface area contributed by atoms with E-state index in [0.717, 1.165) is 4.90 Å². The smallest absolute Gasteiger partial charge is 0.401 e. The quantitative estimate of drug-likeness (QED) is 0.836. The Morgan fingerprint density at radius 2 is 1.95 bits per heavy atom. The number of carboxylic acid groups (broad SMARTS) is 1. The first-order chi connectivity index (χ1) is 9.75. The third-order valence-corrected chi connectivity index (χ3v) is 2.64. The van der Waals surface area contributed by atoms with Gasteiger partial charge < -0.3 is 14.6 Å². The lowest BCUT2D eigenvalue weighted by Crippen LogP contribution is -2.37. The number of ether oxygens (including phenoxy) is 2. The number of carboxylic acids is 1. The number of hydrogen-bond acceptors (Lipinski definition) is 4. The molecular weight excluding hydrogens is 291 g/mol. The standard InChI is InChI=1S/C13H16F3NO4/c1-20-10-3-4-11(21-2)9(5-10)6-17(7-12(18)19)8-13(14,15)16/h3-5H,6-8H2,1-2H3,(H,18,19). The van der Waals surface area contributed by atoms with Crippen molar-refractivity contribution in [1.29, 1.82) is 0 Å². The van der Waals surface area contributed by atoms with E-state index < -0.39 is 25.2 Å². The zero-order valence-electron chi connectivity index (χ0n) is 11.6. The maximum atomic E-state index is 12.5. The van der Waals surface area contributed by atoms with Crippen LogP contribution in [0.4, 0.5) is 13.2 Å². The molecule has 0 unspecified atom stereocenters. The number of hydrogen-bond donors (Lipinski definition) is 1. The Balaban J connectivity index is 2.98. The minimum Gasteiger partial charge on any atom is -0.497 e. The van der Waals surface area contributed by atoms with Crippen molar-refractivity contribution in [2.45, 2.75) is 12.7 Å². The molecule has 0 saturated carbocycles. The topological polar surface area (TPSA) is 59.0 Å². The fourth-order valence-electron chi connectivity index (χ4n) is 1.86. The number of rotatable bonds is 7. The van der Waals surface area contributed by atoms with Gasteiger partial charge in [-0.15, -0.1) is 0 Å². The van der Waals surface area contributed by atoms with E-state index in [1.165, 1.54) is 20.3 Å². The summed E-state index contributed by atoms with van der Waals surface area (Å²) in [6.07, 6.45) is -4.48. The SMILES string of the molecule is COc1ccc(OC)c(CN(CC(=O)O)CC(F)(F)F)c1. The van der Waals surface area contributed by atoms with Crippen molar-refractivity contribution in [2.24, 2.45) is 0 Å². The molecule has 0 aliphatic rings. The van der Waals surface area contributed by atoms with Gasteiger partial charge >= 0.3 is 12.1 Å². The summed E-state index contributed by atoms with van der Waals surface area (Å²) in [7, 11) is 2.81. The van der Waals surface area contributed by atoms with Gasteiger partial charge in [0.15, 0.2) is 0 Å². The average molecular weight is 307 g/mol. The van der Waals surface area contributed by atoms with Crippen LogP contribution in [0, 0.1) is 0 Å². The van der Waals surface area contributed by atoms with Gasteiger partial charge in [0.1, 0.15) is 11.5 Å². The van der Waals surface area contributed by atoms with E-state index in [2.05, 4.69) is 0 Å². The molecule has 1 rings (SSSR count). The highest BCUT2D eigenvalue weighted by molar-refractivity contribution is 5.69. The second kappa shape index (κ2) is 7.16. The maximum absolute atomic E-state index is 12.5. The van der Waals surface area contributed by atoms with Crippen LogP contribution in [0.25, 0.3) is 0 Å². The molecule has 0 aliphatic carbocycles. The summed E-state index contributed by atoms with van der Waals surface area (Å²) >= 11 is 0. The van der Waals surface area contributed by atoms with Gasteiger partial charge in [0.2, 0.25) is 0 Å². The highest BCUT2D eigenvalue weighted by atomic mass is 19.4. The number of alkyl halides is 3. The van der Waals surface area contributed by atoms with E-state index in [0.29, 0.717) is 17.1 Å². The Morgan fingerprint density at radius 1 is 1.29 bits per heavy atom. The van der Waals surface area contributed by atoms with Crippen molar-refractivity contribution in [3.05, 3.63) is 23.8 Å². The molecule has 0 aliphatic heterocycles. The van der Waals surface area contributed by atoms with Crippen molar-refractivity contribution in [2.75, 3.05) is 27.3 Å². The number of nitrogens with zero attached hydrogens (tertiary/aromatic N) is 1. The van der Waals surface area contributed by atoms with E-state index in [4.69, 9.17) is 14.6 Å². The fourth-order valence-corrected chi connectivity index (χ4v) is 1.86. The van der Waals surface area contributed by atoms with Crippen molar-refractivity contribution < 1.29 is 32.5 Å². The minimum absolute atomic E-state index is 0.216. The van der Waals surface area contributed by atoms with Gasteiger partial charge in [-0.1, -0.05) is 0 Å². The van der Waals surface area contributed by atoms with E-state index in [9.17, 15) is 18.0 Å². The lowest BCUT2D eigenvalue weighted by Gasteiger charge is -2.23. The number of benzene rings is 1. The van der Waals surface area contributed by atoms with Crippen LogP contribution < -0.4 is 9.47 Å². The predicted octanol–water partition coefficient (Wildman–Crippen LogP) is 2.15. The Labute approximate surface area is 119 Å². The van der Waals surface area contributed by atoms with Crippen LogP contribution in [0.5, 0.6) is 11.5 Å². The van der Waals surface area contributed by atoms with Crippen LogP contribution >= 0.6 is 0 Å². The van der Waals surface area contributed by atoms with E-state index in [1.54, 1.807) is 12.1 Å². The largest absolute Gasteiger partial charge is 0.497 e. The van der Waals surface area contributed by atoms with Gasteiger partial charge in [0.05, 0.1) is 27.3 Å². The predicted molar refractivity (Wildman–Crippen MR) is 68.5 cm³/mol. The summed E-state index contributed by atoms with van der Waals surface area (Å²) in [6.45, 7) is -2.26. The van der Waals surface area contributed by atoms with Gasteiger partial charge in [-0.2, -0.15) is 13.2 Å². The second-order valence-electron chi connectivity index (χ2n) is 4.33. The highest BCUT2D eigenvalue weighted by Gasteiger charge is 2.31. The van der Waals surface area contributed by atoms with Crippen LogP contribution in [0.2, 0.25) is 0 Å². The van der Waals surface area contributed by atoms with Crippen LogP contribution in [-0.2, 0) is 11.3 Å². The van der Waals surface area contributed by atoms with Gasteiger partial charge in [0.25, 0.3) is 0 Å². The maximum Gasteiger partial charge on any atom is 0.401 e. The molecule has 0 amide bonds. The monoisotopic (exact) mass is 307 g/mol. The Hall–Kier alpha value is -1.96. The molecule has 0 saturated heterocycles. The van der Waals surface area contributed by atoms with Crippen molar-refractivity contribution >= 4 is 5.97 Å². The van der Waals surface area contributed by atoms with Crippen molar-refractivity contribution in [1.82, 2.24) is 4.90 Å². The summed E-state index contributed by atoms with van der Waals surface area (Å²) in [4.78, 5) is 11.5. The molecule has 0 aromatic heterocycles. The van der Waals surface area contributed by atoms with Crippen LogP contribution in [0.15, 0.2) is 18.2 Å². The molecule has 0 bridgehead atoms. The molecular formula is C13H16F3NO4. The molecule has 21 heavy (non-hydrogen) atoms. The van der Waals surface area contributed by atoms with Gasteiger partial charge in [-0.05, 0) is 18.2 Å². The zero-order valence-corrected chi connectivity index (χ0v) is 11.6. The first-order valence-corrected chi connectivity index (χ1v) is 5.97. The fraction of sp³-hybridized carbons (Fsp3) is 0.462. The number of methoxy groups -OCH3 is 2. The molecule has 1 N–H and O–H groups in total. The molecule has 118 valence electrons. The van der Waals surface area contributed by atoms with Crippen LogP contribution in [-0.4, -0.2) is 49.5 Å². The van der Waals surface area contributed by atoms with E-state index in [1.807, 2.05) is 0 Å². The van der Waals surface area contributed by atoms with E-state index >= 15 is 0 Å². The zero-order chi connectivity index (χ0) is 16.0. The summed E-state index contributed by atoms with van der Waals surface area (Å²) in [6, 6.07) is 4.68. The van der Waals surface area contributed by atoms with E-state index in [-0.39, 0.29) is 6.54 Å². The lowest BCUT2D eigenvalue weighted by molar-refractivity contribution is -0.154. The molecule has 1 aromatic carbocycles. The van der Waals surface area contributed by atoms with Crippen LogP contribution in [0.1, 0.15) is 5.56 Å². The molecule has 0 spiro atoms. The third kappa shape index (κ3) is 5.90. The first kappa shape index (κ1) is 17.1. The summed E-state index contributed by atoms with van der Waals surface area (Å²) in [5.74, 6) is -0.512. The summed E-state index contributed by atoms with van der Waals surface area (Å²) in [5.41, 5.74) is 0.419. The summed E-state index contributed by atoms with van der Waals surface area (Å²) < 4.78 is 47.6. The van der Waals surface area contributed by atoms with Crippen molar-refractivity contribution in [3.63, 3.8) is 0 Å². The number of aliphatic carboxylic acids is 1. The normalized spacial score (nSPS) is 11.5. The average Bonchev–Trinajstić information content (AvgIpc) is 2.35. The van der Waals surface area contributed by atoms with Crippen molar-refractivity contribution in [3.8, 4) is 11.5 Å². The lowest BCUT2D eigenvalue weighted by atomic mass is 10.1. The number of halogens is 3. The Morgan fingerprint density at radius 3 is 2.43 bits per heavy atom. The molecule has 5 nitrogen and oxygen atoms in total. The second-order valence-corrected chi connectivity index (χ2v) is 4.33. The Kier molecular flexibility index (Phi) is 5.83. The molecule has 0 fully saturated rings. The molecule has 0 radical (unpaired) electrons. The highest BCUT2D eigenvalue weighted by Crippen LogP contribution is 2.26. The van der Waals surface area contributed by atoms with Gasteiger partial charge in [-0.3, -0.25) is 9.69 Å². The molecule has 0 heterocycles. The molecule has 0 atom stereocenters. The van der Waals surface area contributed by atoms with Crippen LogP contribution in [0.3, 0.4) is 0 Å². The van der Waals surface area contributed by atoms with Gasteiger partial charge in [0, 0.05) is 12.1 Å². The van der Waals surface area contributed by atoms with Gasteiger partial charge in [-0.25, -0.2) is 0 Å². The number of carbonyl (C=O) groups is 1. The first-order valence-electron chi connectivity index (χ1n) is 5.97. The Bertz CT molecular complexity index is 491.